The van der Waals surface area contributed by atoms with Gasteiger partial charge in [0.15, 0.2) is 0 Å². The van der Waals surface area contributed by atoms with Crippen LogP contribution in [0, 0.1) is 6.92 Å². The standard InChI is InChI=1S/C25H30N4O5/c1-18-2-4-19(5-3-18)24(31)26-20-6-7-22(21(16-20)25(32)33)28-10-8-27(9-11-28)17-23(30)29-12-14-34-15-13-29/h2-7,16H,8-15,17H2,1H3,(H,26,31)(H,32,33). The molecule has 2 aromatic rings. The maximum Gasteiger partial charge on any atom is 0.337 e. The van der Waals surface area contributed by atoms with E-state index in [1.807, 2.05) is 28.9 Å². The molecule has 0 atom stereocenters. The van der Waals surface area contributed by atoms with Crippen LogP contribution in [0.25, 0.3) is 0 Å². The number of nitrogens with zero attached hydrogens (tertiary/aromatic N) is 3. The van der Waals surface area contributed by atoms with E-state index in [-0.39, 0.29) is 17.4 Å². The van der Waals surface area contributed by atoms with Crippen LogP contribution in [0.1, 0.15) is 26.3 Å². The monoisotopic (exact) mass is 466 g/mol. The Bertz CT molecular complexity index is 1040. The summed E-state index contributed by atoms with van der Waals surface area (Å²) >= 11 is 0. The molecule has 0 unspecified atom stereocenters. The summed E-state index contributed by atoms with van der Waals surface area (Å²) < 4.78 is 5.30. The van der Waals surface area contributed by atoms with Crippen molar-refractivity contribution in [2.45, 2.75) is 6.92 Å². The van der Waals surface area contributed by atoms with Crippen molar-refractivity contribution in [2.24, 2.45) is 0 Å². The zero-order chi connectivity index (χ0) is 24.1. The molecule has 9 heteroatoms. The summed E-state index contributed by atoms with van der Waals surface area (Å²) in [4.78, 5) is 43.0. The van der Waals surface area contributed by atoms with Gasteiger partial charge in [0, 0.05) is 50.5 Å². The summed E-state index contributed by atoms with van der Waals surface area (Å²) in [6, 6.07) is 12.1. The molecule has 2 fully saturated rings. The number of morpholine rings is 1. The van der Waals surface area contributed by atoms with Gasteiger partial charge in [0.25, 0.3) is 5.91 Å². The number of amides is 2. The normalized spacial score (nSPS) is 16.9. The summed E-state index contributed by atoms with van der Waals surface area (Å²) in [5, 5.41) is 12.6. The number of benzene rings is 2. The number of aromatic carboxylic acids is 1. The van der Waals surface area contributed by atoms with Crippen LogP contribution in [0.5, 0.6) is 0 Å². The molecule has 0 aliphatic carbocycles. The zero-order valence-corrected chi connectivity index (χ0v) is 19.3. The van der Waals surface area contributed by atoms with Gasteiger partial charge < -0.3 is 25.0 Å². The minimum absolute atomic E-state index is 0.108. The number of carbonyl (C=O) groups is 3. The maximum atomic E-state index is 12.5. The maximum absolute atomic E-state index is 12.5. The first-order valence-electron chi connectivity index (χ1n) is 11.5. The zero-order valence-electron chi connectivity index (χ0n) is 19.3. The number of anilines is 2. The molecular formula is C25H30N4O5. The van der Waals surface area contributed by atoms with Crippen molar-refractivity contribution < 1.29 is 24.2 Å². The third-order valence-corrected chi connectivity index (χ3v) is 6.23. The Morgan fingerprint density at radius 1 is 0.941 bits per heavy atom. The minimum Gasteiger partial charge on any atom is -0.478 e. The van der Waals surface area contributed by atoms with Crippen LogP contribution in [-0.4, -0.2) is 91.7 Å². The Hall–Kier alpha value is -3.43. The average Bonchev–Trinajstić information content (AvgIpc) is 2.85. The second-order valence-corrected chi connectivity index (χ2v) is 8.61. The molecule has 9 nitrogen and oxygen atoms in total. The van der Waals surface area contributed by atoms with E-state index in [1.165, 1.54) is 6.07 Å². The van der Waals surface area contributed by atoms with Crippen LogP contribution in [0.2, 0.25) is 0 Å². The van der Waals surface area contributed by atoms with Crippen molar-refractivity contribution in [2.75, 3.05) is 69.2 Å². The first-order valence-corrected chi connectivity index (χ1v) is 11.5. The molecule has 0 bridgehead atoms. The average molecular weight is 467 g/mol. The molecule has 0 aromatic heterocycles. The van der Waals surface area contributed by atoms with Gasteiger partial charge in [0.2, 0.25) is 5.91 Å². The van der Waals surface area contributed by atoms with Crippen LogP contribution < -0.4 is 10.2 Å². The van der Waals surface area contributed by atoms with E-state index < -0.39 is 5.97 Å². The van der Waals surface area contributed by atoms with E-state index in [0.717, 1.165) is 5.56 Å². The van der Waals surface area contributed by atoms with Gasteiger partial charge in [-0.1, -0.05) is 17.7 Å². The van der Waals surface area contributed by atoms with Gasteiger partial charge in [-0.25, -0.2) is 4.79 Å². The van der Waals surface area contributed by atoms with E-state index in [1.54, 1.807) is 24.3 Å². The number of hydrogen-bond donors (Lipinski definition) is 2. The van der Waals surface area contributed by atoms with E-state index >= 15 is 0 Å². The van der Waals surface area contributed by atoms with Gasteiger partial charge in [-0.3, -0.25) is 14.5 Å². The van der Waals surface area contributed by atoms with Crippen molar-refractivity contribution in [1.82, 2.24) is 9.80 Å². The first-order chi connectivity index (χ1) is 16.4. The van der Waals surface area contributed by atoms with Crippen molar-refractivity contribution in [1.29, 1.82) is 0 Å². The molecule has 180 valence electrons. The summed E-state index contributed by atoms with van der Waals surface area (Å²) in [6.07, 6.45) is 0. The third-order valence-electron chi connectivity index (χ3n) is 6.23. The number of carbonyl (C=O) groups excluding carboxylic acids is 2. The molecule has 2 aliphatic heterocycles. The van der Waals surface area contributed by atoms with Gasteiger partial charge in [0.05, 0.1) is 31.0 Å². The fourth-order valence-electron chi connectivity index (χ4n) is 4.22. The number of nitrogens with one attached hydrogen (secondary N) is 1. The Morgan fingerprint density at radius 2 is 1.62 bits per heavy atom. The molecule has 2 saturated heterocycles. The lowest BCUT2D eigenvalue weighted by molar-refractivity contribution is -0.136. The summed E-state index contributed by atoms with van der Waals surface area (Å²) in [6.45, 7) is 7.31. The minimum atomic E-state index is -1.05. The largest absolute Gasteiger partial charge is 0.478 e. The van der Waals surface area contributed by atoms with Crippen molar-refractivity contribution in [3.05, 3.63) is 59.2 Å². The molecule has 4 rings (SSSR count). The third kappa shape index (κ3) is 5.73. The molecule has 0 spiro atoms. The van der Waals surface area contributed by atoms with Crippen LogP contribution in [-0.2, 0) is 9.53 Å². The number of ether oxygens (including phenoxy) is 1. The second kappa shape index (κ2) is 10.7. The molecule has 34 heavy (non-hydrogen) atoms. The van der Waals surface area contributed by atoms with Gasteiger partial charge in [0.1, 0.15) is 0 Å². The van der Waals surface area contributed by atoms with Crippen LogP contribution >= 0.6 is 0 Å². The van der Waals surface area contributed by atoms with Crippen molar-refractivity contribution >= 4 is 29.2 Å². The van der Waals surface area contributed by atoms with Gasteiger partial charge in [-0.05, 0) is 37.3 Å². The molecular weight excluding hydrogens is 436 g/mol. The number of rotatable bonds is 6. The summed E-state index contributed by atoms with van der Waals surface area (Å²) in [5.74, 6) is -1.23. The Morgan fingerprint density at radius 3 is 2.26 bits per heavy atom. The Labute approximate surface area is 198 Å². The topological polar surface area (TPSA) is 102 Å². The number of aryl methyl sites for hydroxylation is 1. The lowest BCUT2D eigenvalue weighted by Crippen LogP contribution is -2.51. The number of piperazine rings is 1. The van der Waals surface area contributed by atoms with Crippen LogP contribution in [0.3, 0.4) is 0 Å². The lowest BCUT2D eigenvalue weighted by Gasteiger charge is -2.37. The molecule has 0 saturated carbocycles. The summed E-state index contributed by atoms with van der Waals surface area (Å²) in [5.41, 5.74) is 2.75. The number of carboxylic acid groups (broad SMARTS) is 1. The quantitative estimate of drug-likeness (QED) is 0.671. The van der Waals surface area contributed by atoms with Crippen LogP contribution in [0.4, 0.5) is 11.4 Å². The molecule has 2 aliphatic rings. The van der Waals surface area contributed by atoms with Gasteiger partial charge in [-0.2, -0.15) is 0 Å². The molecule has 2 heterocycles. The fraction of sp³-hybridized carbons (Fsp3) is 0.400. The number of hydrogen-bond acceptors (Lipinski definition) is 6. The Balaban J connectivity index is 1.38. The SMILES string of the molecule is Cc1ccc(C(=O)Nc2ccc(N3CCN(CC(=O)N4CCOCC4)CC3)c(C(=O)O)c2)cc1. The predicted octanol–water partition coefficient (Wildman–Crippen LogP) is 1.93. The van der Waals surface area contributed by atoms with Crippen molar-refractivity contribution in [3.8, 4) is 0 Å². The fourth-order valence-corrected chi connectivity index (χ4v) is 4.22. The molecule has 2 amide bonds. The van der Waals surface area contributed by atoms with Gasteiger partial charge >= 0.3 is 5.97 Å². The van der Waals surface area contributed by atoms with E-state index in [9.17, 15) is 19.5 Å². The highest BCUT2D eigenvalue weighted by atomic mass is 16.5. The molecule has 2 aromatic carbocycles. The number of carboxylic acids is 1. The van der Waals surface area contributed by atoms with Crippen molar-refractivity contribution in [3.63, 3.8) is 0 Å². The molecule has 2 N–H and O–H groups in total. The highest BCUT2D eigenvalue weighted by Gasteiger charge is 2.25. The molecule has 0 radical (unpaired) electrons. The predicted molar refractivity (Wildman–Crippen MR) is 129 cm³/mol. The van der Waals surface area contributed by atoms with Gasteiger partial charge in [-0.15, -0.1) is 0 Å². The van der Waals surface area contributed by atoms with E-state index in [0.29, 0.717) is 76.0 Å². The summed E-state index contributed by atoms with van der Waals surface area (Å²) in [7, 11) is 0. The first kappa shape index (κ1) is 23.7. The Kier molecular flexibility index (Phi) is 7.44. The van der Waals surface area contributed by atoms with E-state index in [4.69, 9.17) is 4.74 Å². The smallest absolute Gasteiger partial charge is 0.337 e. The highest BCUT2D eigenvalue weighted by Crippen LogP contribution is 2.26. The lowest BCUT2D eigenvalue weighted by atomic mass is 10.1. The highest BCUT2D eigenvalue weighted by molar-refractivity contribution is 6.05. The van der Waals surface area contributed by atoms with Crippen LogP contribution in [0.15, 0.2) is 42.5 Å². The second-order valence-electron chi connectivity index (χ2n) is 8.61. The van der Waals surface area contributed by atoms with E-state index in [2.05, 4.69) is 10.2 Å².